The maximum absolute atomic E-state index is 12.0. The van der Waals surface area contributed by atoms with Crippen LogP contribution in [0.4, 0.5) is 5.13 Å². The zero-order valence-corrected chi connectivity index (χ0v) is 15.8. The molecule has 3 aromatic rings. The van der Waals surface area contributed by atoms with Gasteiger partial charge in [-0.3, -0.25) is 10.1 Å². The van der Waals surface area contributed by atoms with Crippen LogP contribution in [0.3, 0.4) is 0 Å². The molecule has 0 saturated carbocycles. The van der Waals surface area contributed by atoms with Crippen LogP contribution in [-0.2, 0) is 4.79 Å². The number of aryl methyl sites for hydroxylation is 1. The van der Waals surface area contributed by atoms with Gasteiger partial charge in [-0.1, -0.05) is 41.7 Å². The third-order valence-electron chi connectivity index (χ3n) is 3.58. The first-order chi connectivity index (χ1) is 13.1. The predicted molar refractivity (Wildman–Crippen MR) is 107 cm³/mol. The summed E-state index contributed by atoms with van der Waals surface area (Å²) in [6, 6.07) is 15.2. The Kier molecular flexibility index (Phi) is 6.17. The van der Waals surface area contributed by atoms with E-state index in [4.69, 9.17) is 9.47 Å². The number of ether oxygens (including phenoxy) is 2. The van der Waals surface area contributed by atoms with Gasteiger partial charge in [-0.05, 0) is 48.4 Å². The summed E-state index contributed by atoms with van der Waals surface area (Å²) in [5.41, 5.74) is 2.09. The highest BCUT2D eigenvalue weighted by atomic mass is 32.1. The molecular formula is C20H19N3O3S. The van der Waals surface area contributed by atoms with Crippen LogP contribution in [0.15, 0.2) is 48.5 Å². The van der Waals surface area contributed by atoms with Gasteiger partial charge in [0.15, 0.2) is 6.61 Å². The summed E-state index contributed by atoms with van der Waals surface area (Å²) in [5.74, 6) is 1.19. The molecule has 3 rings (SSSR count). The molecule has 138 valence electrons. The zero-order chi connectivity index (χ0) is 19.1. The summed E-state index contributed by atoms with van der Waals surface area (Å²) < 4.78 is 10.6. The van der Waals surface area contributed by atoms with Crippen molar-refractivity contribution in [1.82, 2.24) is 10.2 Å². The van der Waals surface area contributed by atoms with Crippen LogP contribution in [0.5, 0.6) is 11.5 Å². The molecule has 1 amide bonds. The summed E-state index contributed by atoms with van der Waals surface area (Å²) in [5, 5.41) is 11.8. The molecule has 0 fully saturated rings. The lowest BCUT2D eigenvalue weighted by Crippen LogP contribution is -2.20. The number of hydrogen-bond acceptors (Lipinski definition) is 6. The van der Waals surface area contributed by atoms with Crippen LogP contribution in [0.1, 0.15) is 16.1 Å². The predicted octanol–water partition coefficient (Wildman–Crippen LogP) is 4.04. The topological polar surface area (TPSA) is 73.3 Å². The number of benzene rings is 2. The largest absolute Gasteiger partial charge is 0.497 e. The van der Waals surface area contributed by atoms with Crippen LogP contribution in [0.2, 0.25) is 0 Å². The Morgan fingerprint density at radius 1 is 1.11 bits per heavy atom. The number of nitrogens with one attached hydrogen (secondary N) is 1. The van der Waals surface area contributed by atoms with Gasteiger partial charge in [0.1, 0.15) is 16.5 Å². The summed E-state index contributed by atoms with van der Waals surface area (Å²) in [7, 11) is 1.63. The molecule has 0 atom stereocenters. The Labute approximate surface area is 161 Å². The smallest absolute Gasteiger partial charge is 0.264 e. The van der Waals surface area contributed by atoms with Gasteiger partial charge in [0, 0.05) is 0 Å². The second-order valence-electron chi connectivity index (χ2n) is 5.71. The number of rotatable bonds is 7. The van der Waals surface area contributed by atoms with Crippen LogP contribution in [0, 0.1) is 6.92 Å². The monoisotopic (exact) mass is 381 g/mol. The molecule has 1 heterocycles. The average molecular weight is 381 g/mol. The van der Waals surface area contributed by atoms with Crippen LogP contribution in [-0.4, -0.2) is 29.8 Å². The van der Waals surface area contributed by atoms with Crippen LogP contribution >= 0.6 is 11.3 Å². The van der Waals surface area contributed by atoms with Gasteiger partial charge in [0.05, 0.1) is 7.11 Å². The molecule has 0 unspecified atom stereocenters. The van der Waals surface area contributed by atoms with Crippen LogP contribution in [0.25, 0.3) is 12.2 Å². The Bertz CT molecular complexity index is 936. The first-order valence-corrected chi connectivity index (χ1v) is 9.09. The van der Waals surface area contributed by atoms with Crippen molar-refractivity contribution < 1.29 is 14.3 Å². The summed E-state index contributed by atoms with van der Waals surface area (Å²) >= 11 is 1.29. The SMILES string of the molecule is COc1ccc(/C=C/c2nnc(NC(=O)COc3cccc(C)c3)s2)cc1. The fourth-order valence-corrected chi connectivity index (χ4v) is 2.91. The number of amides is 1. The zero-order valence-electron chi connectivity index (χ0n) is 15.0. The molecule has 0 aliphatic carbocycles. The van der Waals surface area contributed by atoms with Crippen molar-refractivity contribution in [3.8, 4) is 11.5 Å². The number of anilines is 1. The minimum absolute atomic E-state index is 0.0833. The molecule has 0 aliphatic heterocycles. The number of carbonyl (C=O) groups excluding carboxylic acids is 1. The van der Waals surface area contributed by atoms with Gasteiger partial charge in [-0.15, -0.1) is 10.2 Å². The van der Waals surface area contributed by atoms with Gasteiger partial charge in [-0.2, -0.15) is 0 Å². The molecule has 1 aromatic heterocycles. The van der Waals surface area contributed by atoms with Crippen molar-refractivity contribution in [1.29, 1.82) is 0 Å². The molecule has 6 nitrogen and oxygen atoms in total. The summed E-state index contributed by atoms with van der Waals surface area (Å²) in [6.45, 7) is 1.88. The van der Waals surface area contributed by atoms with Crippen molar-refractivity contribution in [2.24, 2.45) is 0 Å². The van der Waals surface area contributed by atoms with Gasteiger partial charge in [0.25, 0.3) is 5.91 Å². The lowest BCUT2D eigenvalue weighted by molar-refractivity contribution is -0.118. The number of nitrogens with zero attached hydrogens (tertiary/aromatic N) is 2. The number of carbonyl (C=O) groups is 1. The Morgan fingerprint density at radius 2 is 1.93 bits per heavy atom. The quantitative estimate of drug-likeness (QED) is 0.669. The first kappa shape index (κ1) is 18.6. The highest BCUT2D eigenvalue weighted by Crippen LogP contribution is 2.19. The fourth-order valence-electron chi connectivity index (χ4n) is 2.24. The molecule has 0 bridgehead atoms. The van der Waals surface area contributed by atoms with Crippen molar-refractivity contribution >= 4 is 34.5 Å². The number of methoxy groups -OCH3 is 1. The lowest BCUT2D eigenvalue weighted by Gasteiger charge is -2.05. The molecule has 0 aliphatic rings. The molecule has 0 spiro atoms. The Hall–Kier alpha value is -3.19. The van der Waals surface area contributed by atoms with E-state index in [0.717, 1.165) is 16.9 Å². The maximum atomic E-state index is 12.0. The molecule has 1 N–H and O–H groups in total. The highest BCUT2D eigenvalue weighted by molar-refractivity contribution is 7.16. The number of hydrogen-bond donors (Lipinski definition) is 1. The molecule has 27 heavy (non-hydrogen) atoms. The maximum Gasteiger partial charge on any atom is 0.264 e. The number of aromatic nitrogens is 2. The van der Waals surface area contributed by atoms with Crippen molar-refractivity contribution in [2.75, 3.05) is 19.0 Å². The van der Waals surface area contributed by atoms with E-state index in [-0.39, 0.29) is 12.5 Å². The minimum Gasteiger partial charge on any atom is -0.497 e. The van der Waals surface area contributed by atoms with E-state index in [1.165, 1.54) is 11.3 Å². The van der Waals surface area contributed by atoms with E-state index in [9.17, 15) is 4.79 Å². The first-order valence-electron chi connectivity index (χ1n) is 8.27. The third-order valence-corrected chi connectivity index (χ3v) is 4.38. The van der Waals surface area contributed by atoms with Gasteiger partial charge in [-0.25, -0.2) is 0 Å². The van der Waals surface area contributed by atoms with E-state index in [1.54, 1.807) is 7.11 Å². The van der Waals surface area contributed by atoms with Gasteiger partial charge in [0.2, 0.25) is 5.13 Å². The molecular weight excluding hydrogens is 362 g/mol. The van der Waals surface area contributed by atoms with Crippen molar-refractivity contribution in [2.45, 2.75) is 6.92 Å². The van der Waals surface area contributed by atoms with E-state index in [2.05, 4.69) is 15.5 Å². The average Bonchev–Trinajstić information content (AvgIpc) is 3.12. The molecule has 0 saturated heterocycles. The fraction of sp³-hybridized carbons (Fsp3) is 0.150. The van der Waals surface area contributed by atoms with E-state index in [1.807, 2.05) is 67.6 Å². The van der Waals surface area contributed by atoms with E-state index in [0.29, 0.717) is 15.9 Å². The second-order valence-corrected chi connectivity index (χ2v) is 6.71. The lowest BCUT2D eigenvalue weighted by atomic mass is 10.2. The van der Waals surface area contributed by atoms with Gasteiger partial charge < -0.3 is 9.47 Å². The molecule has 0 radical (unpaired) electrons. The van der Waals surface area contributed by atoms with Gasteiger partial charge >= 0.3 is 0 Å². The summed E-state index contributed by atoms with van der Waals surface area (Å²) in [6.07, 6.45) is 3.77. The second kappa shape index (κ2) is 8.95. The highest BCUT2D eigenvalue weighted by Gasteiger charge is 2.08. The van der Waals surface area contributed by atoms with Crippen molar-refractivity contribution in [3.63, 3.8) is 0 Å². The Morgan fingerprint density at radius 3 is 2.67 bits per heavy atom. The Balaban J connectivity index is 1.52. The van der Waals surface area contributed by atoms with E-state index >= 15 is 0 Å². The molecule has 2 aromatic carbocycles. The minimum atomic E-state index is -0.279. The summed E-state index contributed by atoms with van der Waals surface area (Å²) in [4.78, 5) is 12.0. The van der Waals surface area contributed by atoms with E-state index < -0.39 is 0 Å². The van der Waals surface area contributed by atoms with Crippen LogP contribution < -0.4 is 14.8 Å². The normalized spacial score (nSPS) is 10.7. The van der Waals surface area contributed by atoms with Crippen molar-refractivity contribution in [3.05, 3.63) is 64.7 Å². The standard InChI is InChI=1S/C20H19N3O3S/c1-14-4-3-5-17(12-14)26-13-18(24)21-20-23-22-19(27-20)11-8-15-6-9-16(25-2)10-7-15/h3-12H,13H2,1-2H3,(H,21,23,24)/b11-8+. The molecule has 7 heteroatoms. The third kappa shape index (κ3) is 5.65.